The van der Waals surface area contributed by atoms with Gasteiger partial charge in [-0.15, -0.1) is 10.2 Å². The Kier molecular flexibility index (Phi) is 4.66. The highest BCUT2D eigenvalue weighted by molar-refractivity contribution is 5.69. The molecule has 1 N–H and O–H groups in total. The van der Waals surface area contributed by atoms with Crippen molar-refractivity contribution in [3.8, 4) is 23.1 Å². The first kappa shape index (κ1) is 17.7. The van der Waals surface area contributed by atoms with Crippen LogP contribution in [0.15, 0.2) is 18.2 Å². The molecule has 7 nitrogen and oxygen atoms in total. The predicted molar refractivity (Wildman–Crippen MR) is 102 cm³/mol. The fourth-order valence-electron chi connectivity index (χ4n) is 4.31. The SMILES string of the molecule is CCN1CC[C@H]2CCN(c3nnc(-c4ccc(C#N)cc4O)c(C)n3)[C@H]2C1. The lowest BCUT2D eigenvalue weighted by atomic mass is 9.92. The van der Waals surface area contributed by atoms with Gasteiger partial charge in [0.15, 0.2) is 0 Å². The largest absolute Gasteiger partial charge is 0.507 e. The standard InChI is InChI=1S/C20H24N6O/c1-3-25-8-6-15-7-9-26(17(15)12-25)20-22-13(2)19(23-24-20)16-5-4-14(11-21)10-18(16)27/h4-5,10,15,17,27H,3,6-9,12H2,1-2H3/t15-,17-/m0/s1. The lowest BCUT2D eigenvalue weighted by molar-refractivity contribution is 0.181. The highest BCUT2D eigenvalue weighted by atomic mass is 16.3. The van der Waals surface area contributed by atoms with Crippen LogP contribution in [-0.2, 0) is 0 Å². The van der Waals surface area contributed by atoms with Crippen molar-refractivity contribution in [2.24, 2.45) is 5.92 Å². The lowest BCUT2D eigenvalue weighted by Gasteiger charge is -2.37. The first-order valence-corrected chi connectivity index (χ1v) is 9.54. The van der Waals surface area contributed by atoms with Crippen molar-refractivity contribution < 1.29 is 5.11 Å². The summed E-state index contributed by atoms with van der Waals surface area (Å²) in [6.45, 7) is 8.38. The average Bonchev–Trinajstić information content (AvgIpc) is 3.11. The molecule has 140 valence electrons. The molecule has 27 heavy (non-hydrogen) atoms. The number of aryl methyl sites for hydroxylation is 1. The number of aromatic nitrogens is 3. The van der Waals surface area contributed by atoms with Crippen LogP contribution < -0.4 is 4.90 Å². The molecule has 0 spiro atoms. The number of aromatic hydroxyl groups is 1. The van der Waals surface area contributed by atoms with Crippen molar-refractivity contribution in [2.75, 3.05) is 31.1 Å². The van der Waals surface area contributed by atoms with Gasteiger partial charge in [-0.25, -0.2) is 4.98 Å². The van der Waals surface area contributed by atoms with Crippen LogP contribution in [0.5, 0.6) is 5.75 Å². The van der Waals surface area contributed by atoms with E-state index >= 15 is 0 Å². The number of likely N-dealkylation sites (N-methyl/N-ethyl adjacent to an activating group) is 1. The van der Waals surface area contributed by atoms with Crippen molar-refractivity contribution in [3.05, 3.63) is 29.5 Å². The lowest BCUT2D eigenvalue weighted by Crippen LogP contribution is -2.48. The molecule has 0 amide bonds. The van der Waals surface area contributed by atoms with Crippen LogP contribution in [-0.4, -0.2) is 57.4 Å². The molecule has 0 unspecified atom stereocenters. The maximum Gasteiger partial charge on any atom is 0.245 e. The number of phenolic OH excluding ortho intramolecular Hbond substituents is 1. The Morgan fingerprint density at radius 2 is 2.07 bits per heavy atom. The highest BCUT2D eigenvalue weighted by Crippen LogP contribution is 2.35. The van der Waals surface area contributed by atoms with Gasteiger partial charge in [-0.2, -0.15) is 5.26 Å². The van der Waals surface area contributed by atoms with Crippen LogP contribution in [0.3, 0.4) is 0 Å². The minimum Gasteiger partial charge on any atom is -0.507 e. The number of hydrogen-bond acceptors (Lipinski definition) is 7. The zero-order valence-corrected chi connectivity index (χ0v) is 15.8. The van der Waals surface area contributed by atoms with Crippen molar-refractivity contribution in [1.29, 1.82) is 5.26 Å². The van der Waals surface area contributed by atoms with Gasteiger partial charge in [0.25, 0.3) is 0 Å². The van der Waals surface area contributed by atoms with Crippen LogP contribution >= 0.6 is 0 Å². The summed E-state index contributed by atoms with van der Waals surface area (Å²) in [5, 5.41) is 28.0. The number of likely N-dealkylation sites (tertiary alicyclic amines) is 1. The quantitative estimate of drug-likeness (QED) is 0.894. The zero-order chi connectivity index (χ0) is 19.0. The van der Waals surface area contributed by atoms with Crippen molar-refractivity contribution in [2.45, 2.75) is 32.7 Å². The molecule has 2 atom stereocenters. The number of rotatable bonds is 3. The summed E-state index contributed by atoms with van der Waals surface area (Å²) in [4.78, 5) is 9.50. The zero-order valence-electron chi connectivity index (χ0n) is 15.8. The Bertz CT molecular complexity index is 893. The predicted octanol–water partition coefficient (Wildman–Crippen LogP) is 2.34. The molecule has 1 aromatic heterocycles. The Hall–Kier alpha value is -2.72. The van der Waals surface area contributed by atoms with Gasteiger partial charge in [-0.1, -0.05) is 6.92 Å². The Balaban J connectivity index is 1.62. The van der Waals surface area contributed by atoms with Crippen LogP contribution in [0, 0.1) is 24.2 Å². The monoisotopic (exact) mass is 364 g/mol. The minimum absolute atomic E-state index is 0.0214. The molecule has 1 aromatic carbocycles. The van der Waals surface area contributed by atoms with E-state index in [0.29, 0.717) is 34.7 Å². The molecule has 4 rings (SSSR count). The third-order valence-corrected chi connectivity index (χ3v) is 5.88. The maximum absolute atomic E-state index is 10.2. The fraction of sp³-hybridized carbons (Fsp3) is 0.500. The van der Waals surface area contributed by atoms with E-state index < -0.39 is 0 Å². The van der Waals surface area contributed by atoms with Gasteiger partial charge >= 0.3 is 0 Å². The molecule has 7 heteroatoms. The number of fused-ring (bicyclic) bond motifs is 1. The Morgan fingerprint density at radius 1 is 1.26 bits per heavy atom. The summed E-state index contributed by atoms with van der Waals surface area (Å²) in [5.74, 6) is 1.40. The molecule has 0 saturated carbocycles. The number of nitrogens with zero attached hydrogens (tertiary/aromatic N) is 6. The van der Waals surface area contributed by atoms with Crippen molar-refractivity contribution in [3.63, 3.8) is 0 Å². The van der Waals surface area contributed by atoms with Crippen LogP contribution in [0.1, 0.15) is 31.0 Å². The molecular formula is C20H24N6O. The summed E-state index contributed by atoms with van der Waals surface area (Å²) < 4.78 is 0. The van der Waals surface area contributed by atoms with E-state index in [0.717, 1.165) is 25.3 Å². The van der Waals surface area contributed by atoms with Gasteiger partial charge in [-0.3, -0.25) is 0 Å². The number of nitriles is 1. The summed E-state index contributed by atoms with van der Waals surface area (Å²) in [5.41, 5.74) is 2.24. The second-order valence-electron chi connectivity index (χ2n) is 7.38. The normalized spacial score (nSPS) is 22.5. The third kappa shape index (κ3) is 3.21. The number of piperidine rings is 1. The van der Waals surface area contributed by atoms with Gasteiger partial charge in [0, 0.05) is 24.7 Å². The van der Waals surface area contributed by atoms with Crippen molar-refractivity contribution >= 4 is 5.95 Å². The average molecular weight is 364 g/mol. The molecule has 0 bridgehead atoms. The fourth-order valence-corrected chi connectivity index (χ4v) is 4.31. The van der Waals surface area contributed by atoms with Gasteiger partial charge < -0.3 is 14.9 Å². The van der Waals surface area contributed by atoms with E-state index in [1.54, 1.807) is 12.1 Å². The Morgan fingerprint density at radius 3 is 2.78 bits per heavy atom. The molecule has 2 saturated heterocycles. The van der Waals surface area contributed by atoms with Crippen molar-refractivity contribution in [1.82, 2.24) is 20.1 Å². The summed E-state index contributed by atoms with van der Waals surface area (Å²) in [6.07, 6.45) is 2.42. The first-order chi connectivity index (χ1) is 13.1. The molecular weight excluding hydrogens is 340 g/mol. The summed E-state index contributed by atoms with van der Waals surface area (Å²) >= 11 is 0. The van der Waals surface area contributed by atoms with Crippen LogP contribution in [0.25, 0.3) is 11.3 Å². The second-order valence-corrected chi connectivity index (χ2v) is 7.38. The summed E-state index contributed by atoms with van der Waals surface area (Å²) in [6, 6.07) is 7.27. The topological polar surface area (TPSA) is 89.2 Å². The number of phenols is 1. The maximum atomic E-state index is 10.2. The first-order valence-electron chi connectivity index (χ1n) is 9.54. The van der Waals surface area contributed by atoms with E-state index in [4.69, 9.17) is 10.2 Å². The van der Waals surface area contributed by atoms with E-state index in [1.807, 2.05) is 13.0 Å². The molecule has 0 aliphatic carbocycles. The van der Waals surface area contributed by atoms with Gasteiger partial charge in [-0.05, 0) is 57.0 Å². The molecule has 2 aliphatic heterocycles. The molecule has 2 aromatic rings. The van der Waals surface area contributed by atoms with Gasteiger partial charge in [0.1, 0.15) is 11.4 Å². The second kappa shape index (κ2) is 7.12. The highest BCUT2D eigenvalue weighted by Gasteiger charge is 2.39. The van der Waals surface area contributed by atoms with Crippen LogP contribution in [0.4, 0.5) is 5.95 Å². The van der Waals surface area contributed by atoms with E-state index in [9.17, 15) is 5.11 Å². The number of anilines is 1. The molecule has 2 fully saturated rings. The number of hydrogen-bond donors (Lipinski definition) is 1. The van der Waals surface area contributed by atoms with E-state index in [1.165, 1.54) is 25.5 Å². The summed E-state index contributed by atoms with van der Waals surface area (Å²) in [7, 11) is 0. The van der Waals surface area contributed by atoms with Crippen LogP contribution in [0.2, 0.25) is 0 Å². The van der Waals surface area contributed by atoms with E-state index in [-0.39, 0.29) is 5.75 Å². The molecule has 3 heterocycles. The van der Waals surface area contributed by atoms with Gasteiger partial charge in [0.2, 0.25) is 5.95 Å². The van der Waals surface area contributed by atoms with Gasteiger partial charge in [0.05, 0.1) is 17.3 Å². The Labute approximate surface area is 159 Å². The smallest absolute Gasteiger partial charge is 0.245 e. The minimum atomic E-state index is 0.0214. The van der Waals surface area contributed by atoms with E-state index in [2.05, 4.69) is 26.9 Å². The molecule has 0 radical (unpaired) electrons. The number of benzene rings is 1. The molecule has 2 aliphatic rings. The third-order valence-electron chi connectivity index (χ3n) is 5.88.